The fourth-order valence-electron chi connectivity index (χ4n) is 2.32. The Morgan fingerprint density at radius 1 is 1.23 bits per heavy atom. The molecule has 3 atom stereocenters. The molecular formula is C11H13NO. The summed E-state index contributed by atoms with van der Waals surface area (Å²) >= 11 is 0. The molecule has 2 nitrogen and oxygen atoms in total. The SMILES string of the molecule is c1ccc([C@@H]2ON3CC[C@@H]2C3)cc1. The van der Waals surface area contributed by atoms with Crippen molar-refractivity contribution in [3.63, 3.8) is 0 Å². The van der Waals surface area contributed by atoms with Crippen molar-refractivity contribution in [1.29, 1.82) is 0 Å². The van der Waals surface area contributed by atoms with Gasteiger partial charge in [0, 0.05) is 19.0 Å². The maximum absolute atomic E-state index is 5.78. The predicted molar refractivity (Wildman–Crippen MR) is 49.9 cm³/mol. The molecule has 0 aliphatic carbocycles. The van der Waals surface area contributed by atoms with Crippen molar-refractivity contribution in [3.8, 4) is 0 Å². The molecule has 1 aromatic carbocycles. The van der Waals surface area contributed by atoms with Crippen LogP contribution in [0.5, 0.6) is 0 Å². The first kappa shape index (κ1) is 7.54. The zero-order chi connectivity index (χ0) is 8.67. The lowest BCUT2D eigenvalue weighted by Gasteiger charge is -2.22. The van der Waals surface area contributed by atoms with Gasteiger partial charge in [-0.05, 0) is 12.0 Å². The zero-order valence-corrected chi connectivity index (χ0v) is 7.52. The number of hydrogen-bond donors (Lipinski definition) is 0. The molecule has 3 rings (SSSR count). The Labute approximate surface area is 78.1 Å². The van der Waals surface area contributed by atoms with Crippen LogP contribution in [0.2, 0.25) is 0 Å². The number of fused-ring (bicyclic) bond motifs is 2. The van der Waals surface area contributed by atoms with Crippen molar-refractivity contribution >= 4 is 0 Å². The molecule has 2 fully saturated rings. The van der Waals surface area contributed by atoms with E-state index in [0.29, 0.717) is 6.10 Å². The molecule has 68 valence electrons. The highest BCUT2D eigenvalue weighted by Crippen LogP contribution is 2.40. The quantitative estimate of drug-likeness (QED) is 0.647. The van der Waals surface area contributed by atoms with Gasteiger partial charge in [-0.15, -0.1) is 0 Å². The van der Waals surface area contributed by atoms with Gasteiger partial charge in [0.2, 0.25) is 0 Å². The van der Waals surface area contributed by atoms with Crippen LogP contribution in [0.1, 0.15) is 18.1 Å². The third kappa shape index (κ3) is 1.18. The van der Waals surface area contributed by atoms with E-state index in [2.05, 4.69) is 35.4 Å². The molecule has 13 heavy (non-hydrogen) atoms. The summed E-state index contributed by atoms with van der Waals surface area (Å²) in [5.41, 5.74) is 1.33. The lowest BCUT2D eigenvalue weighted by atomic mass is 9.95. The topological polar surface area (TPSA) is 12.5 Å². The van der Waals surface area contributed by atoms with Crippen LogP contribution in [-0.2, 0) is 4.84 Å². The Kier molecular flexibility index (Phi) is 1.64. The van der Waals surface area contributed by atoms with Gasteiger partial charge >= 0.3 is 0 Å². The molecule has 0 aromatic heterocycles. The molecule has 2 saturated heterocycles. The highest BCUT2D eigenvalue weighted by molar-refractivity contribution is 5.19. The van der Waals surface area contributed by atoms with E-state index in [1.165, 1.54) is 12.0 Å². The van der Waals surface area contributed by atoms with E-state index in [0.717, 1.165) is 19.0 Å². The van der Waals surface area contributed by atoms with Crippen LogP contribution >= 0.6 is 0 Å². The summed E-state index contributed by atoms with van der Waals surface area (Å²) in [6.45, 7) is 2.24. The standard InChI is InChI=1S/C11H13NO/c1-2-4-9(5-3-1)11-10-6-7-12(8-10)13-11/h1-5,10-11H,6-8H2/t10-,11+/m1/s1. The first-order valence-corrected chi connectivity index (χ1v) is 4.90. The van der Waals surface area contributed by atoms with Gasteiger partial charge in [0.1, 0.15) is 6.10 Å². The molecule has 0 spiro atoms. The minimum Gasteiger partial charge on any atom is -0.291 e. The van der Waals surface area contributed by atoms with E-state index in [1.807, 2.05) is 0 Å². The second-order valence-electron chi connectivity index (χ2n) is 3.87. The number of hydroxylamine groups is 2. The summed E-state index contributed by atoms with van der Waals surface area (Å²) in [6.07, 6.45) is 1.62. The molecule has 2 bridgehead atoms. The van der Waals surface area contributed by atoms with Gasteiger partial charge in [-0.1, -0.05) is 30.3 Å². The lowest BCUT2D eigenvalue weighted by Crippen LogP contribution is -2.19. The maximum Gasteiger partial charge on any atom is 0.108 e. The van der Waals surface area contributed by atoms with Gasteiger partial charge in [0.25, 0.3) is 0 Å². The van der Waals surface area contributed by atoms with Crippen LogP contribution in [0, 0.1) is 5.92 Å². The van der Waals surface area contributed by atoms with Gasteiger partial charge < -0.3 is 0 Å². The average molecular weight is 175 g/mol. The summed E-state index contributed by atoms with van der Waals surface area (Å²) in [6, 6.07) is 10.5. The smallest absolute Gasteiger partial charge is 0.108 e. The first-order valence-electron chi connectivity index (χ1n) is 4.90. The summed E-state index contributed by atoms with van der Waals surface area (Å²) in [5.74, 6) is 0.724. The van der Waals surface area contributed by atoms with Crippen molar-refractivity contribution in [2.24, 2.45) is 5.92 Å². The number of rotatable bonds is 1. The predicted octanol–water partition coefficient (Wildman–Crippen LogP) is 1.99. The van der Waals surface area contributed by atoms with Crippen LogP contribution in [0.3, 0.4) is 0 Å². The lowest BCUT2D eigenvalue weighted by molar-refractivity contribution is -0.162. The van der Waals surface area contributed by atoms with Gasteiger partial charge in [0.15, 0.2) is 0 Å². The molecule has 0 amide bonds. The van der Waals surface area contributed by atoms with Crippen LogP contribution in [0.25, 0.3) is 0 Å². The summed E-state index contributed by atoms with van der Waals surface area (Å²) < 4.78 is 0. The third-order valence-corrected chi connectivity index (χ3v) is 3.01. The fourth-order valence-corrected chi connectivity index (χ4v) is 2.32. The molecule has 2 heterocycles. The van der Waals surface area contributed by atoms with Crippen molar-refractivity contribution < 1.29 is 4.84 Å². The summed E-state index contributed by atoms with van der Waals surface area (Å²) in [7, 11) is 0. The van der Waals surface area contributed by atoms with E-state index >= 15 is 0 Å². The Bertz CT molecular complexity index is 298. The van der Waals surface area contributed by atoms with E-state index in [-0.39, 0.29) is 0 Å². The van der Waals surface area contributed by atoms with E-state index in [4.69, 9.17) is 4.84 Å². The number of nitrogens with zero attached hydrogens (tertiary/aromatic N) is 1. The van der Waals surface area contributed by atoms with Gasteiger partial charge in [-0.25, -0.2) is 0 Å². The molecular weight excluding hydrogens is 162 g/mol. The van der Waals surface area contributed by atoms with Crippen LogP contribution < -0.4 is 0 Å². The van der Waals surface area contributed by atoms with E-state index < -0.39 is 0 Å². The van der Waals surface area contributed by atoms with Gasteiger partial charge in [0.05, 0.1) is 0 Å². The van der Waals surface area contributed by atoms with Crippen molar-refractivity contribution in [2.45, 2.75) is 12.5 Å². The minimum absolute atomic E-state index is 0.329. The second kappa shape index (κ2) is 2.82. The highest BCUT2D eigenvalue weighted by Gasteiger charge is 2.40. The molecule has 1 unspecified atom stereocenters. The molecule has 0 N–H and O–H groups in total. The summed E-state index contributed by atoms with van der Waals surface area (Å²) in [5, 5.41) is 2.10. The Morgan fingerprint density at radius 2 is 2.08 bits per heavy atom. The zero-order valence-electron chi connectivity index (χ0n) is 7.52. The molecule has 0 saturated carbocycles. The van der Waals surface area contributed by atoms with E-state index in [1.54, 1.807) is 0 Å². The monoisotopic (exact) mass is 175 g/mol. The number of benzene rings is 1. The molecule has 0 radical (unpaired) electrons. The average Bonchev–Trinajstić information content (AvgIpc) is 2.80. The summed E-state index contributed by atoms with van der Waals surface area (Å²) in [4.78, 5) is 5.78. The molecule has 2 aliphatic heterocycles. The van der Waals surface area contributed by atoms with E-state index in [9.17, 15) is 0 Å². The van der Waals surface area contributed by atoms with Gasteiger partial charge in [-0.2, -0.15) is 5.06 Å². The van der Waals surface area contributed by atoms with Crippen LogP contribution in [-0.4, -0.2) is 18.2 Å². The Balaban J connectivity index is 1.87. The van der Waals surface area contributed by atoms with Crippen molar-refractivity contribution in [2.75, 3.05) is 13.1 Å². The maximum atomic E-state index is 5.78. The van der Waals surface area contributed by atoms with Crippen molar-refractivity contribution in [3.05, 3.63) is 35.9 Å². The largest absolute Gasteiger partial charge is 0.291 e. The van der Waals surface area contributed by atoms with Crippen LogP contribution in [0.15, 0.2) is 30.3 Å². The Hall–Kier alpha value is -0.860. The third-order valence-electron chi connectivity index (χ3n) is 3.01. The highest BCUT2D eigenvalue weighted by atomic mass is 16.7. The van der Waals surface area contributed by atoms with Gasteiger partial charge in [-0.3, -0.25) is 4.84 Å². The molecule has 2 heteroatoms. The minimum atomic E-state index is 0.329. The second-order valence-corrected chi connectivity index (χ2v) is 3.87. The molecule has 2 aliphatic rings. The van der Waals surface area contributed by atoms with Crippen LogP contribution in [0.4, 0.5) is 0 Å². The molecule has 1 aromatic rings. The Morgan fingerprint density at radius 3 is 2.69 bits per heavy atom. The first-order chi connectivity index (χ1) is 6.43. The van der Waals surface area contributed by atoms with Crippen molar-refractivity contribution in [1.82, 2.24) is 5.06 Å². The fraction of sp³-hybridized carbons (Fsp3) is 0.455. The normalized spacial score (nSPS) is 36.8. The number of hydrogen-bond acceptors (Lipinski definition) is 2.